The summed E-state index contributed by atoms with van der Waals surface area (Å²) in [4.78, 5) is 25.3. The van der Waals surface area contributed by atoms with Gasteiger partial charge in [0.15, 0.2) is 17.3 Å². The second-order valence-electron chi connectivity index (χ2n) is 7.74. The minimum atomic E-state index is -0.453. The molecule has 4 aromatic rings. The zero-order chi connectivity index (χ0) is 26.2. The third kappa shape index (κ3) is 5.95. The monoisotopic (exact) mass is 501 g/mol. The number of ether oxygens (including phenoxy) is 3. The third-order valence-electron chi connectivity index (χ3n) is 5.25. The Morgan fingerprint density at radius 3 is 1.92 bits per heavy atom. The zero-order valence-electron chi connectivity index (χ0n) is 20.8. The van der Waals surface area contributed by atoms with Crippen molar-refractivity contribution in [2.75, 3.05) is 25.1 Å². The first-order valence-corrected chi connectivity index (χ1v) is 12.0. The number of benzene rings is 3. The van der Waals surface area contributed by atoms with Crippen LogP contribution >= 0.6 is 0 Å². The first-order valence-electron chi connectivity index (χ1n) is 12.0. The summed E-state index contributed by atoms with van der Waals surface area (Å²) in [6.45, 7) is 6.91. The molecule has 0 saturated heterocycles. The SMILES string of the molecule is CCOc1cc(-c2nnc(NC(=O)c3ccc(C(=O)c4ccccc4)cc3)o2)cc(OCC)c1OCC. The van der Waals surface area contributed by atoms with Gasteiger partial charge in [-0.25, -0.2) is 0 Å². The number of anilines is 1. The number of ketones is 1. The van der Waals surface area contributed by atoms with E-state index in [9.17, 15) is 9.59 Å². The zero-order valence-corrected chi connectivity index (χ0v) is 20.8. The average molecular weight is 502 g/mol. The fourth-order valence-electron chi connectivity index (χ4n) is 3.60. The summed E-state index contributed by atoms with van der Waals surface area (Å²) in [5, 5.41) is 10.6. The van der Waals surface area contributed by atoms with Crippen molar-refractivity contribution in [3.05, 3.63) is 83.4 Å². The molecule has 0 aliphatic heterocycles. The molecule has 0 saturated carbocycles. The van der Waals surface area contributed by atoms with E-state index >= 15 is 0 Å². The highest BCUT2D eigenvalue weighted by Crippen LogP contribution is 2.41. The lowest BCUT2D eigenvalue weighted by Crippen LogP contribution is -2.12. The highest BCUT2D eigenvalue weighted by atomic mass is 16.5. The predicted molar refractivity (Wildman–Crippen MR) is 138 cm³/mol. The largest absolute Gasteiger partial charge is 0.490 e. The summed E-state index contributed by atoms with van der Waals surface area (Å²) in [5.74, 6) is 1.06. The van der Waals surface area contributed by atoms with E-state index in [0.717, 1.165) is 0 Å². The van der Waals surface area contributed by atoms with Crippen LogP contribution in [0.3, 0.4) is 0 Å². The van der Waals surface area contributed by atoms with Gasteiger partial charge in [0.05, 0.1) is 19.8 Å². The van der Waals surface area contributed by atoms with Crippen LogP contribution < -0.4 is 19.5 Å². The maximum Gasteiger partial charge on any atom is 0.322 e. The van der Waals surface area contributed by atoms with E-state index in [2.05, 4.69) is 15.5 Å². The van der Waals surface area contributed by atoms with E-state index < -0.39 is 5.91 Å². The van der Waals surface area contributed by atoms with Gasteiger partial charge in [0.2, 0.25) is 11.6 Å². The second-order valence-corrected chi connectivity index (χ2v) is 7.74. The highest BCUT2D eigenvalue weighted by molar-refractivity contribution is 6.10. The molecule has 0 spiro atoms. The number of carbonyl (C=O) groups is 2. The van der Waals surface area contributed by atoms with Crippen molar-refractivity contribution in [2.45, 2.75) is 20.8 Å². The van der Waals surface area contributed by atoms with E-state index in [1.807, 2.05) is 26.8 Å². The molecule has 4 rings (SSSR count). The Labute approximate surface area is 214 Å². The van der Waals surface area contributed by atoms with Crippen molar-refractivity contribution in [1.29, 1.82) is 0 Å². The Kier molecular flexibility index (Phi) is 8.15. The Bertz CT molecular complexity index is 1340. The molecule has 0 aliphatic carbocycles. The van der Waals surface area contributed by atoms with Gasteiger partial charge in [0, 0.05) is 22.3 Å². The number of nitrogens with one attached hydrogen (secondary N) is 1. The van der Waals surface area contributed by atoms with Crippen LogP contribution in [0.15, 0.2) is 71.1 Å². The molecule has 9 heteroatoms. The Morgan fingerprint density at radius 1 is 0.757 bits per heavy atom. The van der Waals surface area contributed by atoms with E-state index in [-0.39, 0.29) is 17.7 Å². The lowest BCUT2D eigenvalue weighted by Gasteiger charge is -2.16. The number of hydrogen-bond acceptors (Lipinski definition) is 8. The molecule has 1 N–H and O–H groups in total. The van der Waals surface area contributed by atoms with Crippen LogP contribution in [0.5, 0.6) is 17.2 Å². The summed E-state index contributed by atoms with van der Waals surface area (Å²) in [6.07, 6.45) is 0. The molecular weight excluding hydrogens is 474 g/mol. The number of nitrogens with zero attached hydrogens (tertiary/aromatic N) is 2. The van der Waals surface area contributed by atoms with Gasteiger partial charge in [0.25, 0.3) is 5.91 Å². The predicted octanol–water partition coefficient (Wildman–Crippen LogP) is 5.42. The van der Waals surface area contributed by atoms with Gasteiger partial charge >= 0.3 is 6.01 Å². The first-order chi connectivity index (χ1) is 18.0. The normalized spacial score (nSPS) is 10.6. The molecule has 190 valence electrons. The van der Waals surface area contributed by atoms with Crippen molar-refractivity contribution in [1.82, 2.24) is 10.2 Å². The molecule has 0 fully saturated rings. The molecular formula is C28H27N3O6. The Morgan fingerprint density at radius 2 is 1.32 bits per heavy atom. The lowest BCUT2D eigenvalue weighted by molar-refractivity contribution is 0.101. The van der Waals surface area contributed by atoms with Crippen molar-refractivity contribution < 1.29 is 28.2 Å². The van der Waals surface area contributed by atoms with Gasteiger partial charge in [-0.1, -0.05) is 47.6 Å². The van der Waals surface area contributed by atoms with Crippen LogP contribution in [-0.4, -0.2) is 41.7 Å². The molecule has 1 heterocycles. The highest BCUT2D eigenvalue weighted by Gasteiger charge is 2.20. The van der Waals surface area contributed by atoms with Crippen LogP contribution in [0.1, 0.15) is 47.1 Å². The van der Waals surface area contributed by atoms with Gasteiger partial charge < -0.3 is 18.6 Å². The Hall–Kier alpha value is -4.66. The molecule has 1 amide bonds. The number of aromatic nitrogens is 2. The Balaban J connectivity index is 1.51. The van der Waals surface area contributed by atoms with Gasteiger partial charge in [-0.2, -0.15) is 0 Å². The maximum absolute atomic E-state index is 12.7. The molecule has 9 nitrogen and oxygen atoms in total. The fraction of sp³-hybridized carbons (Fsp3) is 0.214. The third-order valence-corrected chi connectivity index (χ3v) is 5.25. The van der Waals surface area contributed by atoms with Crippen molar-refractivity contribution in [2.24, 2.45) is 0 Å². The van der Waals surface area contributed by atoms with Gasteiger partial charge in [0.1, 0.15) is 0 Å². The van der Waals surface area contributed by atoms with Crippen molar-refractivity contribution in [3.8, 4) is 28.7 Å². The summed E-state index contributed by atoms with van der Waals surface area (Å²) in [6, 6.07) is 18.7. The van der Waals surface area contributed by atoms with E-state index in [1.165, 1.54) is 0 Å². The summed E-state index contributed by atoms with van der Waals surface area (Å²) in [5.41, 5.74) is 1.94. The number of amides is 1. The van der Waals surface area contributed by atoms with E-state index in [1.54, 1.807) is 60.7 Å². The fourth-order valence-corrected chi connectivity index (χ4v) is 3.60. The molecule has 1 aromatic heterocycles. The van der Waals surface area contributed by atoms with Crippen LogP contribution in [0.2, 0.25) is 0 Å². The van der Waals surface area contributed by atoms with Crippen LogP contribution in [0.25, 0.3) is 11.5 Å². The van der Waals surface area contributed by atoms with Crippen LogP contribution in [0.4, 0.5) is 6.01 Å². The smallest absolute Gasteiger partial charge is 0.322 e. The molecule has 37 heavy (non-hydrogen) atoms. The number of rotatable bonds is 11. The average Bonchev–Trinajstić information content (AvgIpc) is 3.39. The molecule has 0 aliphatic rings. The van der Waals surface area contributed by atoms with Gasteiger partial charge in [-0.3, -0.25) is 14.9 Å². The molecule has 3 aromatic carbocycles. The number of hydrogen-bond donors (Lipinski definition) is 1. The van der Waals surface area contributed by atoms with E-state index in [0.29, 0.717) is 59.3 Å². The molecule has 0 atom stereocenters. The molecule has 0 bridgehead atoms. The minimum Gasteiger partial charge on any atom is -0.490 e. The standard InChI is InChI=1S/C28H27N3O6/c1-4-34-22-16-21(17-23(35-5-2)25(22)36-6-3)27-30-31-28(37-27)29-26(33)20-14-12-19(13-15-20)24(32)18-10-8-7-9-11-18/h7-17H,4-6H2,1-3H3,(H,29,31,33). The quantitative estimate of drug-likeness (QED) is 0.271. The topological polar surface area (TPSA) is 113 Å². The van der Waals surface area contributed by atoms with Gasteiger partial charge in [-0.05, 0) is 45.0 Å². The first kappa shape index (κ1) is 25.4. The number of carbonyl (C=O) groups excluding carboxylic acids is 2. The van der Waals surface area contributed by atoms with Crippen molar-refractivity contribution >= 4 is 17.7 Å². The van der Waals surface area contributed by atoms with Gasteiger partial charge in [-0.15, -0.1) is 5.10 Å². The summed E-state index contributed by atoms with van der Waals surface area (Å²) >= 11 is 0. The maximum atomic E-state index is 12.7. The molecule has 0 unspecified atom stereocenters. The van der Waals surface area contributed by atoms with Crippen LogP contribution in [0, 0.1) is 0 Å². The van der Waals surface area contributed by atoms with Crippen molar-refractivity contribution in [3.63, 3.8) is 0 Å². The molecule has 0 radical (unpaired) electrons. The van der Waals surface area contributed by atoms with Crippen LogP contribution in [-0.2, 0) is 0 Å². The van der Waals surface area contributed by atoms with E-state index in [4.69, 9.17) is 18.6 Å². The lowest BCUT2D eigenvalue weighted by atomic mass is 10.0. The summed E-state index contributed by atoms with van der Waals surface area (Å²) < 4.78 is 22.9. The summed E-state index contributed by atoms with van der Waals surface area (Å²) in [7, 11) is 0. The second kappa shape index (κ2) is 11.9. The minimum absolute atomic E-state index is 0.0748.